The van der Waals surface area contributed by atoms with E-state index < -0.39 is 0 Å². The number of furan rings is 1. The summed E-state index contributed by atoms with van der Waals surface area (Å²) in [4.78, 5) is 15.2. The van der Waals surface area contributed by atoms with Gasteiger partial charge in [0.2, 0.25) is 5.91 Å². The van der Waals surface area contributed by atoms with Crippen LogP contribution in [0.5, 0.6) is 0 Å². The lowest BCUT2D eigenvalue weighted by atomic mass is 9.93. The van der Waals surface area contributed by atoms with Crippen LogP contribution in [0.15, 0.2) is 64.6 Å². The van der Waals surface area contributed by atoms with E-state index in [1.165, 1.54) is 31.0 Å². The monoisotopic (exact) mass is 396 g/mol. The van der Waals surface area contributed by atoms with Crippen molar-refractivity contribution < 1.29 is 9.21 Å². The number of carbonyl (C=O) groups excluding carboxylic acids is 1. The van der Waals surface area contributed by atoms with Crippen LogP contribution in [0.2, 0.25) is 0 Å². The molecule has 0 atom stereocenters. The summed E-state index contributed by atoms with van der Waals surface area (Å²) < 4.78 is 7.31. The molecule has 2 heterocycles. The molecule has 28 heavy (non-hydrogen) atoms. The second kappa shape index (κ2) is 9.10. The van der Waals surface area contributed by atoms with Crippen molar-refractivity contribution in [2.45, 2.75) is 49.8 Å². The van der Waals surface area contributed by atoms with Crippen molar-refractivity contribution in [1.82, 2.24) is 14.8 Å². The molecular weight excluding hydrogens is 372 g/mol. The minimum atomic E-state index is 0.121. The molecule has 0 unspecified atom stereocenters. The molecule has 1 saturated carbocycles. The Morgan fingerprint density at radius 3 is 2.71 bits per heavy atom. The molecule has 0 aliphatic heterocycles. The topological polar surface area (TPSA) is 64.2 Å². The van der Waals surface area contributed by atoms with Gasteiger partial charge in [0.05, 0.1) is 18.6 Å². The Balaban J connectivity index is 1.45. The third kappa shape index (κ3) is 4.47. The van der Waals surface area contributed by atoms with Gasteiger partial charge in [0.1, 0.15) is 12.1 Å². The number of thioether (sulfide) groups is 1. The molecule has 146 valence electrons. The van der Waals surface area contributed by atoms with Crippen molar-refractivity contribution >= 4 is 23.4 Å². The third-order valence-electron chi connectivity index (χ3n) is 5.05. The molecule has 0 N–H and O–H groups in total. The van der Waals surface area contributed by atoms with Crippen LogP contribution in [0.4, 0.5) is 5.69 Å². The molecule has 4 rings (SSSR count). The number of hydrogen-bond donors (Lipinski definition) is 0. The molecular formula is C21H24N4O2S. The summed E-state index contributed by atoms with van der Waals surface area (Å²) >= 11 is 1.43. The van der Waals surface area contributed by atoms with E-state index in [2.05, 4.69) is 10.2 Å². The number of amides is 1. The van der Waals surface area contributed by atoms with Crippen LogP contribution in [0.25, 0.3) is 0 Å². The fourth-order valence-electron chi connectivity index (χ4n) is 3.72. The quantitative estimate of drug-likeness (QED) is 0.555. The second-order valence-corrected chi connectivity index (χ2v) is 7.94. The first-order valence-corrected chi connectivity index (χ1v) is 10.7. The Labute approximate surface area is 168 Å². The summed E-state index contributed by atoms with van der Waals surface area (Å²) in [6.07, 6.45) is 9.10. The third-order valence-corrected chi connectivity index (χ3v) is 6.02. The number of aromatic nitrogens is 3. The summed E-state index contributed by atoms with van der Waals surface area (Å²) in [5, 5.41) is 8.90. The predicted molar refractivity (Wildman–Crippen MR) is 109 cm³/mol. The summed E-state index contributed by atoms with van der Waals surface area (Å²) in [7, 11) is 0. The van der Waals surface area contributed by atoms with Crippen LogP contribution < -0.4 is 4.90 Å². The second-order valence-electron chi connectivity index (χ2n) is 7.00. The SMILES string of the molecule is O=C(CSc1nncn1Cc1ccco1)N(c1ccccc1)C1CCCCC1. The van der Waals surface area contributed by atoms with Gasteiger partial charge in [-0.2, -0.15) is 0 Å². The van der Waals surface area contributed by atoms with Crippen molar-refractivity contribution in [2.75, 3.05) is 10.7 Å². The molecule has 1 aliphatic carbocycles. The summed E-state index contributed by atoms with van der Waals surface area (Å²) in [5.74, 6) is 1.29. The average molecular weight is 397 g/mol. The Morgan fingerprint density at radius 2 is 1.96 bits per heavy atom. The molecule has 0 bridgehead atoms. The number of anilines is 1. The molecule has 0 radical (unpaired) electrons. The fraction of sp³-hybridized carbons (Fsp3) is 0.381. The highest BCUT2D eigenvalue weighted by atomic mass is 32.2. The van der Waals surface area contributed by atoms with E-state index >= 15 is 0 Å². The summed E-state index contributed by atoms with van der Waals surface area (Å²) in [6, 6.07) is 14.1. The van der Waals surface area contributed by atoms with E-state index in [1.54, 1.807) is 12.6 Å². The van der Waals surface area contributed by atoms with E-state index in [1.807, 2.05) is 51.9 Å². The predicted octanol–water partition coefficient (Wildman–Crippen LogP) is 4.38. The molecule has 1 aliphatic rings. The molecule has 1 aromatic carbocycles. The van der Waals surface area contributed by atoms with Crippen LogP contribution in [0, 0.1) is 0 Å². The fourth-order valence-corrected chi connectivity index (χ4v) is 4.49. The molecule has 6 nitrogen and oxygen atoms in total. The Morgan fingerprint density at radius 1 is 1.14 bits per heavy atom. The molecule has 1 fully saturated rings. The zero-order valence-corrected chi connectivity index (χ0v) is 16.6. The Bertz CT molecular complexity index is 873. The van der Waals surface area contributed by atoms with E-state index in [-0.39, 0.29) is 11.9 Å². The van der Waals surface area contributed by atoms with Crippen molar-refractivity contribution in [3.05, 3.63) is 60.8 Å². The van der Waals surface area contributed by atoms with Gasteiger partial charge < -0.3 is 13.9 Å². The minimum Gasteiger partial charge on any atom is -0.467 e. The zero-order chi connectivity index (χ0) is 19.2. The number of para-hydroxylation sites is 1. The smallest absolute Gasteiger partial charge is 0.237 e. The van der Waals surface area contributed by atoms with E-state index in [0.717, 1.165) is 29.4 Å². The van der Waals surface area contributed by atoms with Crippen molar-refractivity contribution in [3.63, 3.8) is 0 Å². The standard InChI is InChI=1S/C21H24N4O2S/c26-20(15-28-21-23-22-16-24(21)14-19-12-7-13-27-19)25(17-8-3-1-4-9-17)18-10-5-2-6-11-18/h1,3-4,7-9,12-13,16,18H,2,5-6,10-11,14-15H2. The van der Waals surface area contributed by atoms with Gasteiger partial charge in [-0.3, -0.25) is 4.79 Å². The summed E-state index contributed by atoms with van der Waals surface area (Å²) in [6.45, 7) is 0.557. The summed E-state index contributed by atoms with van der Waals surface area (Å²) in [5.41, 5.74) is 0.983. The van der Waals surface area contributed by atoms with Gasteiger partial charge in [0.15, 0.2) is 5.16 Å². The number of carbonyl (C=O) groups is 1. The first kappa shape index (κ1) is 18.8. The molecule has 0 saturated heterocycles. The van der Waals surface area contributed by atoms with Crippen molar-refractivity contribution in [2.24, 2.45) is 0 Å². The number of rotatable bonds is 7. The maximum Gasteiger partial charge on any atom is 0.237 e. The molecule has 7 heteroatoms. The minimum absolute atomic E-state index is 0.121. The first-order valence-electron chi connectivity index (χ1n) is 9.71. The lowest BCUT2D eigenvalue weighted by molar-refractivity contribution is -0.116. The Hall–Kier alpha value is -2.54. The van der Waals surface area contributed by atoms with Gasteiger partial charge in [-0.1, -0.05) is 49.2 Å². The normalized spacial score (nSPS) is 14.9. The van der Waals surface area contributed by atoms with Crippen LogP contribution in [-0.2, 0) is 11.3 Å². The lowest BCUT2D eigenvalue weighted by Gasteiger charge is -2.34. The first-order chi connectivity index (χ1) is 13.8. The van der Waals surface area contributed by atoms with Crippen LogP contribution in [0.1, 0.15) is 37.9 Å². The number of hydrogen-bond acceptors (Lipinski definition) is 5. The van der Waals surface area contributed by atoms with E-state index in [4.69, 9.17) is 4.42 Å². The van der Waals surface area contributed by atoms with Crippen molar-refractivity contribution in [3.8, 4) is 0 Å². The molecule has 0 spiro atoms. The largest absolute Gasteiger partial charge is 0.467 e. The van der Waals surface area contributed by atoms with Gasteiger partial charge in [0.25, 0.3) is 0 Å². The van der Waals surface area contributed by atoms with Crippen molar-refractivity contribution in [1.29, 1.82) is 0 Å². The lowest BCUT2D eigenvalue weighted by Crippen LogP contribution is -2.42. The molecule has 3 aromatic rings. The number of benzene rings is 1. The van der Waals surface area contributed by atoms with Gasteiger partial charge in [-0.15, -0.1) is 10.2 Å². The van der Waals surface area contributed by atoms with Crippen LogP contribution >= 0.6 is 11.8 Å². The van der Waals surface area contributed by atoms with Gasteiger partial charge in [-0.25, -0.2) is 0 Å². The van der Waals surface area contributed by atoms with Gasteiger partial charge in [-0.05, 0) is 37.1 Å². The maximum absolute atomic E-state index is 13.2. The number of nitrogens with zero attached hydrogens (tertiary/aromatic N) is 4. The Kier molecular flexibility index (Phi) is 6.11. The van der Waals surface area contributed by atoms with E-state index in [9.17, 15) is 4.79 Å². The molecule has 1 amide bonds. The zero-order valence-electron chi connectivity index (χ0n) is 15.7. The van der Waals surface area contributed by atoms with Crippen LogP contribution in [0.3, 0.4) is 0 Å². The maximum atomic E-state index is 13.2. The van der Waals surface area contributed by atoms with E-state index in [0.29, 0.717) is 12.3 Å². The average Bonchev–Trinajstić information content (AvgIpc) is 3.41. The highest BCUT2D eigenvalue weighted by molar-refractivity contribution is 7.99. The van der Waals surface area contributed by atoms with Gasteiger partial charge in [0, 0.05) is 11.7 Å². The highest BCUT2D eigenvalue weighted by Gasteiger charge is 2.27. The van der Waals surface area contributed by atoms with Gasteiger partial charge >= 0.3 is 0 Å². The van der Waals surface area contributed by atoms with Crippen LogP contribution in [-0.4, -0.2) is 32.5 Å². The molecule has 2 aromatic heterocycles. The highest BCUT2D eigenvalue weighted by Crippen LogP contribution is 2.29.